The maximum absolute atomic E-state index is 5.51. The number of ether oxygens (including phenoxy) is 1. The molecule has 0 aliphatic carbocycles. The van der Waals surface area contributed by atoms with Gasteiger partial charge in [-0.05, 0) is 37.3 Å². The zero-order valence-electron chi connectivity index (χ0n) is 11.2. The number of nitrogens with zero attached hydrogens (tertiary/aromatic N) is 2. The Morgan fingerprint density at radius 3 is 2.84 bits per heavy atom. The van der Waals surface area contributed by atoms with Crippen LogP contribution in [0.4, 0.5) is 5.82 Å². The van der Waals surface area contributed by atoms with Crippen LogP contribution in [0.2, 0.25) is 0 Å². The molecule has 1 aromatic heterocycles. The third-order valence-corrected chi connectivity index (χ3v) is 3.40. The Morgan fingerprint density at radius 2 is 2.05 bits per heavy atom. The van der Waals surface area contributed by atoms with E-state index in [4.69, 9.17) is 9.72 Å². The van der Waals surface area contributed by atoms with Crippen LogP contribution in [0.1, 0.15) is 6.92 Å². The number of hydrogen-bond acceptors (Lipinski definition) is 4. The first-order valence-electron chi connectivity index (χ1n) is 6.86. The number of benzene rings is 1. The van der Waals surface area contributed by atoms with Crippen molar-refractivity contribution in [2.45, 2.75) is 6.92 Å². The standard InChI is InChI=1S/C15H19N3O/c1-2-19-13-4-5-14-12(11-13)3-6-15(17-14)18-9-7-16-8-10-18/h3-6,11,16H,2,7-10H2,1H3. The Hall–Kier alpha value is -1.81. The molecule has 4 heteroatoms. The van der Waals surface area contributed by atoms with Crippen molar-refractivity contribution in [3.8, 4) is 5.75 Å². The number of hydrogen-bond donors (Lipinski definition) is 1. The number of aromatic nitrogens is 1. The molecule has 19 heavy (non-hydrogen) atoms. The molecule has 0 saturated carbocycles. The van der Waals surface area contributed by atoms with Gasteiger partial charge in [-0.3, -0.25) is 0 Å². The maximum atomic E-state index is 5.51. The predicted molar refractivity (Wildman–Crippen MR) is 78.0 cm³/mol. The van der Waals surface area contributed by atoms with Crippen LogP contribution in [0.25, 0.3) is 10.9 Å². The summed E-state index contributed by atoms with van der Waals surface area (Å²) in [7, 11) is 0. The second-order valence-electron chi connectivity index (χ2n) is 4.69. The maximum Gasteiger partial charge on any atom is 0.129 e. The minimum atomic E-state index is 0.692. The van der Waals surface area contributed by atoms with Crippen LogP contribution in [-0.2, 0) is 0 Å². The van der Waals surface area contributed by atoms with E-state index in [1.165, 1.54) is 0 Å². The minimum Gasteiger partial charge on any atom is -0.494 e. The first-order chi connectivity index (χ1) is 9.36. The number of anilines is 1. The molecule has 2 heterocycles. The van der Waals surface area contributed by atoms with Crippen LogP contribution < -0.4 is 15.0 Å². The Labute approximate surface area is 113 Å². The van der Waals surface area contributed by atoms with Gasteiger partial charge in [0, 0.05) is 31.6 Å². The summed E-state index contributed by atoms with van der Waals surface area (Å²) in [5, 5.41) is 4.49. The molecule has 2 aromatic rings. The summed E-state index contributed by atoms with van der Waals surface area (Å²) in [5.74, 6) is 1.98. The summed E-state index contributed by atoms with van der Waals surface area (Å²) in [4.78, 5) is 7.07. The Kier molecular flexibility index (Phi) is 3.51. The van der Waals surface area contributed by atoms with E-state index < -0.39 is 0 Å². The van der Waals surface area contributed by atoms with E-state index >= 15 is 0 Å². The van der Waals surface area contributed by atoms with Gasteiger partial charge >= 0.3 is 0 Å². The van der Waals surface area contributed by atoms with Gasteiger partial charge in [-0.25, -0.2) is 4.98 Å². The molecule has 3 rings (SSSR count). The fourth-order valence-corrected chi connectivity index (χ4v) is 2.42. The van der Waals surface area contributed by atoms with Crippen molar-refractivity contribution in [3.63, 3.8) is 0 Å². The van der Waals surface area contributed by atoms with Gasteiger partial charge in [0.15, 0.2) is 0 Å². The van der Waals surface area contributed by atoms with Gasteiger partial charge in [-0.2, -0.15) is 0 Å². The number of fused-ring (bicyclic) bond motifs is 1. The molecule has 0 spiro atoms. The summed E-state index contributed by atoms with van der Waals surface area (Å²) in [6, 6.07) is 10.3. The smallest absolute Gasteiger partial charge is 0.129 e. The topological polar surface area (TPSA) is 37.4 Å². The summed E-state index contributed by atoms with van der Waals surface area (Å²) in [6.07, 6.45) is 0. The zero-order valence-corrected chi connectivity index (χ0v) is 11.2. The SMILES string of the molecule is CCOc1ccc2nc(N3CCNCC3)ccc2c1. The van der Waals surface area contributed by atoms with Gasteiger partial charge < -0.3 is 15.0 Å². The van der Waals surface area contributed by atoms with Crippen LogP contribution in [0.3, 0.4) is 0 Å². The highest BCUT2D eigenvalue weighted by atomic mass is 16.5. The van der Waals surface area contributed by atoms with Gasteiger partial charge in [0.25, 0.3) is 0 Å². The molecular weight excluding hydrogens is 238 g/mol. The number of piperazine rings is 1. The molecule has 0 amide bonds. The molecule has 1 aliphatic rings. The van der Waals surface area contributed by atoms with Gasteiger partial charge in [0.05, 0.1) is 12.1 Å². The highest BCUT2D eigenvalue weighted by Crippen LogP contribution is 2.22. The fourth-order valence-electron chi connectivity index (χ4n) is 2.42. The quantitative estimate of drug-likeness (QED) is 0.913. The third kappa shape index (κ3) is 2.63. The molecule has 1 saturated heterocycles. The molecule has 1 N–H and O–H groups in total. The molecule has 0 unspecified atom stereocenters. The van der Waals surface area contributed by atoms with Crippen molar-refractivity contribution >= 4 is 16.7 Å². The third-order valence-electron chi connectivity index (χ3n) is 3.40. The molecule has 0 radical (unpaired) electrons. The number of rotatable bonds is 3. The van der Waals surface area contributed by atoms with Crippen molar-refractivity contribution in [1.82, 2.24) is 10.3 Å². The monoisotopic (exact) mass is 257 g/mol. The number of pyridine rings is 1. The van der Waals surface area contributed by atoms with Gasteiger partial charge in [0.1, 0.15) is 11.6 Å². The van der Waals surface area contributed by atoms with E-state index in [0.29, 0.717) is 6.61 Å². The lowest BCUT2D eigenvalue weighted by Gasteiger charge is -2.28. The normalized spacial score (nSPS) is 15.7. The van der Waals surface area contributed by atoms with E-state index in [1.807, 2.05) is 25.1 Å². The highest BCUT2D eigenvalue weighted by molar-refractivity contribution is 5.81. The summed E-state index contributed by atoms with van der Waals surface area (Å²) < 4.78 is 5.51. The Morgan fingerprint density at radius 1 is 1.21 bits per heavy atom. The molecule has 4 nitrogen and oxygen atoms in total. The van der Waals surface area contributed by atoms with E-state index in [2.05, 4.69) is 22.3 Å². The number of nitrogens with one attached hydrogen (secondary N) is 1. The average Bonchev–Trinajstić information content (AvgIpc) is 2.48. The fraction of sp³-hybridized carbons (Fsp3) is 0.400. The predicted octanol–water partition coefficient (Wildman–Crippen LogP) is 2.04. The summed E-state index contributed by atoms with van der Waals surface area (Å²) in [6.45, 7) is 6.80. The van der Waals surface area contributed by atoms with Gasteiger partial charge in [-0.15, -0.1) is 0 Å². The largest absolute Gasteiger partial charge is 0.494 e. The first kappa shape index (κ1) is 12.2. The molecular formula is C15H19N3O. The van der Waals surface area contributed by atoms with Gasteiger partial charge in [0.2, 0.25) is 0 Å². The van der Waals surface area contributed by atoms with Crippen LogP contribution in [0.15, 0.2) is 30.3 Å². The van der Waals surface area contributed by atoms with Crippen molar-refractivity contribution < 1.29 is 4.74 Å². The van der Waals surface area contributed by atoms with Crippen molar-refractivity contribution in [3.05, 3.63) is 30.3 Å². The molecule has 0 bridgehead atoms. The Bertz CT molecular complexity index is 564. The van der Waals surface area contributed by atoms with Crippen molar-refractivity contribution in [1.29, 1.82) is 0 Å². The molecule has 1 aromatic carbocycles. The van der Waals surface area contributed by atoms with Crippen LogP contribution in [0.5, 0.6) is 5.75 Å². The summed E-state index contributed by atoms with van der Waals surface area (Å²) in [5.41, 5.74) is 1.03. The summed E-state index contributed by atoms with van der Waals surface area (Å²) >= 11 is 0. The van der Waals surface area contributed by atoms with Crippen LogP contribution in [-0.4, -0.2) is 37.8 Å². The highest BCUT2D eigenvalue weighted by Gasteiger charge is 2.11. The Balaban J connectivity index is 1.90. The molecule has 1 fully saturated rings. The van der Waals surface area contributed by atoms with Gasteiger partial charge in [-0.1, -0.05) is 0 Å². The van der Waals surface area contributed by atoms with Crippen LogP contribution in [0, 0.1) is 0 Å². The first-order valence-corrected chi connectivity index (χ1v) is 6.86. The van der Waals surface area contributed by atoms with E-state index in [0.717, 1.165) is 48.6 Å². The van der Waals surface area contributed by atoms with Crippen molar-refractivity contribution in [2.75, 3.05) is 37.7 Å². The molecule has 1 aliphatic heterocycles. The molecule has 100 valence electrons. The second kappa shape index (κ2) is 5.45. The minimum absolute atomic E-state index is 0.692. The lowest BCUT2D eigenvalue weighted by Crippen LogP contribution is -2.43. The van der Waals surface area contributed by atoms with Crippen molar-refractivity contribution in [2.24, 2.45) is 0 Å². The van der Waals surface area contributed by atoms with E-state index in [9.17, 15) is 0 Å². The molecule has 0 atom stereocenters. The lowest BCUT2D eigenvalue weighted by atomic mass is 10.2. The van der Waals surface area contributed by atoms with E-state index in [1.54, 1.807) is 0 Å². The second-order valence-corrected chi connectivity index (χ2v) is 4.69. The zero-order chi connectivity index (χ0) is 13.1. The van der Waals surface area contributed by atoms with E-state index in [-0.39, 0.29) is 0 Å². The van der Waals surface area contributed by atoms with Crippen LogP contribution >= 0.6 is 0 Å². The lowest BCUT2D eigenvalue weighted by molar-refractivity contribution is 0.340. The average molecular weight is 257 g/mol.